The quantitative estimate of drug-likeness (QED) is 0.792. The zero-order valence-corrected chi connectivity index (χ0v) is 11.5. The lowest BCUT2D eigenvalue weighted by Gasteiger charge is -2.23. The van der Waals surface area contributed by atoms with E-state index in [1.165, 1.54) is 6.42 Å². The first-order valence-electron chi connectivity index (χ1n) is 6.60. The van der Waals surface area contributed by atoms with Crippen molar-refractivity contribution in [1.29, 1.82) is 0 Å². The van der Waals surface area contributed by atoms with Crippen LogP contribution in [0.4, 0.5) is 5.69 Å². The van der Waals surface area contributed by atoms with Gasteiger partial charge in [-0.2, -0.15) is 5.10 Å². The van der Waals surface area contributed by atoms with Crippen molar-refractivity contribution in [3.05, 3.63) is 22.6 Å². The lowest BCUT2D eigenvalue weighted by molar-refractivity contribution is 0.235. The van der Waals surface area contributed by atoms with Crippen LogP contribution in [0.5, 0.6) is 0 Å². The molecule has 5 heteroatoms. The Morgan fingerprint density at radius 3 is 2.89 bits per heavy atom. The van der Waals surface area contributed by atoms with Gasteiger partial charge < -0.3 is 4.90 Å². The van der Waals surface area contributed by atoms with Crippen molar-refractivity contribution in [3.63, 3.8) is 0 Å². The maximum absolute atomic E-state index is 12.0. The molecule has 0 aromatic carbocycles. The number of anilines is 1. The van der Waals surface area contributed by atoms with E-state index < -0.39 is 0 Å². The van der Waals surface area contributed by atoms with E-state index in [0.29, 0.717) is 12.6 Å². The van der Waals surface area contributed by atoms with Crippen LogP contribution in [0.1, 0.15) is 19.8 Å². The van der Waals surface area contributed by atoms with Crippen LogP contribution in [-0.4, -0.2) is 47.9 Å². The Labute approximate surface area is 108 Å². The predicted octanol–water partition coefficient (Wildman–Crippen LogP) is 0.794. The van der Waals surface area contributed by atoms with Crippen LogP contribution in [0.25, 0.3) is 0 Å². The van der Waals surface area contributed by atoms with Gasteiger partial charge in [-0.1, -0.05) is 6.92 Å². The molecule has 0 unspecified atom stereocenters. The van der Waals surface area contributed by atoms with Crippen LogP contribution in [-0.2, 0) is 6.54 Å². The molecule has 1 fully saturated rings. The minimum atomic E-state index is -0.0100. The maximum atomic E-state index is 12.0. The smallest absolute Gasteiger partial charge is 0.268 e. The summed E-state index contributed by atoms with van der Waals surface area (Å²) in [5.74, 6) is 0. The number of nitrogens with zero attached hydrogens (tertiary/aromatic N) is 4. The van der Waals surface area contributed by atoms with E-state index in [0.717, 1.165) is 25.2 Å². The molecular formula is C13H22N4O. The SMILES string of the molecule is CCN1CCC[C@H]1Cn1ncc(N(C)C)cc1=O. The zero-order chi connectivity index (χ0) is 13.1. The summed E-state index contributed by atoms with van der Waals surface area (Å²) in [6, 6.07) is 2.11. The van der Waals surface area contributed by atoms with E-state index in [1.807, 2.05) is 19.0 Å². The first kappa shape index (κ1) is 13.1. The molecule has 0 amide bonds. The van der Waals surface area contributed by atoms with Gasteiger partial charge in [-0.15, -0.1) is 0 Å². The Hall–Kier alpha value is -1.36. The fourth-order valence-corrected chi connectivity index (χ4v) is 2.52. The molecule has 1 aliphatic rings. The normalized spacial score (nSPS) is 20.3. The molecule has 1 saturated heterocycles. The van der Waals surface area contributed by atoms with Crippen molar-refractivity contribution in [2.45, 2.75) is 32.4 Å². The number of likely N-dealkylation sites (N-methyl/N-ethyl adjacent to an activating group) is 1. The van der Waals surface area contributed by atoms with Crippen LogP contribution in [0.15, 0.2) is 17.1 Å². The molecule has 0 saturated carbocycles. The fraction of sp³-hybridized carbons (Fsp3) is 0.692. The molecule has 0 spiro atoms. The van der Waals surface area contributed by atoms with Gasteiger partial charge in [-0.3, -0.25) is 9.69 Å². The van der Waals surface area contributed by atoms with Gasteiger partial charge in [0.25, 0.3) is 5.56 Å². The summed E-state index contributed by atoms with van der Waals surface area (Å²) >= 11 is 0. The molecule has 0 bridgehead atoms. The second-order valence-electron chi connectivity index (χ2n) is 5.05. The van der Waals surface area contributed by atoms with Gasteiger partial charge in [0.05, 0.1) is 18.4 Å². The molecule has 5 nitrogen and oxygen atoms in total. The standard InChI is InChI=1S/C13H22N4O/c1-4-16-7-5-6-11(16)10-17-13(18)8-12(9-14-17)15(2)3/h8-9,11H,4-7,10H2,1-3H3/t11-/m0/s1. The molecule has 0 N–H and O–H groups in total. The van der Waals surface area contributed by atoms with Gasteiger partial charge in [-0.25, -0.2) is 4.68 Å². The minimum absolute atomic E-state index is 0.0100. The Morgan fingerprint density at radius 2 is 2.28 bits per heavy atom. The minimum Gasteiger partial charge on any atom is -0.376 e. The topological polar surface area (TPSA) is 41.4 Å². The first-order valence-corrected chi connectivity index (χ1v) is 6.60. The molecule has 2 rings (SSSR count). The average molecular weight is 250 g/mol. The highest BCUT2D eigenvalue weighted by Gasteiger charge is 2.23. The molecule has 1 aromatic heterocycles. The van der Waals surface area contributed by atoms with Crippen molar-refractivity contribution >= 4 is 5.69 Å². The second kappa shape index (κ2) is 5.52. The summed E-state index contributed by atoms with van der Waals surface area (Å²) < 4.78 is 1.59. The van der Waals surface area contributed by atoms with Crippen molar-refractivity contribution in [1.82, 2.24) is 14.7 Å². The summed E-state index contributed by atoms with van der Waals surface area (Å²) in [5, 5.41) is 4.27. The molecule has 18 heavy (non-hydrogen) atoms. The van der Waals surface area contributed by atoms with Gasteiger partial charge in [0.1, 0.15) is 0 Å². The van der Waals surface area contributed by atoms with Crippen LogP contribution in [0.3, 0.4) is 0 Å². The van der Waals surface area contributed by atoms with E-state index in [9.17, 15) is 4.79 Å². The molecule has 100 valence electrons. The highest BCUT2D eigenvalue weighted by molar-refractivity contribution is 5.40. The number of hydrogen-bond donors (Lipinski definition) is 0. The molecule has 1 atom stereocenters. The summed E-state index contributed by atoms with van der Waals surface area (Å²) in [6.07, 6.45) is 4.15. The fourth-order valence-electron chi connectivity index (χ4n) is 2.52. The third-order valence-electron chi connectivity index (χ3n) is 3.66. The van der Waals surface area contributed by atoms with Gasteiger partial charge in [0.2, 0.25) is 0 Å². The number of aromatic nitrogens is 2. The molecule has 2 heterocycles. The van der Waals surface area contributed by atoms with Crippen LogP contribution in [0.2, 0.25) is 0 Å². The van der Waals surface area contributed by atoms with Crippen molar-refractivity contribution in [2.75, 3.05) is 32.1 Å². The Bertz CT molecular complexity index is 455. The largest absolute Gasteiger partial charge is 0.376 e. The zero-order valence-electron chi connectivity index (χ0n) is 11.5. The van der Waals surface area contributed by atoms with Crippen molar-refractivity contribution in [3.8, 4) is 0 Å². The van der Waals surface area contributed by atoms with Gasteiger partial charge in [-0.05, 0) is 25.9 Å². The Kier molecular flexibility index (Phi) is 4.01. The van der Waals surface area contributed by atoms with E-state index in [-0.39, 0.29) is 5.56 Å². The number of hydrogen-bond acceptors (Lipinski definition) is 4. The molecule has 1 aromatic rings. The summed E-state index contributed by atoms with van der Waals surface area (Å²) in [6.45, 7) is 5.07. The predicted molar refractivity (Wildman–Crippen MR) is 73.1 cm³/mol. The van der Waals surface area contributed by atoms with Crippen LogP contribution in [0, 0.1) is 0 Å². The Balaban J connectivity index is 2.12. The maximum Gasteiger partial charge on any atom is 0.268 e. The summed E-state index contributed by atoms with van der Waals surface area (Å²) in [4.78, 5) is 16.3. The third-order valence-corrected chi connectivity index (χ3v) is 3.66. The van der Waals surface area contributed by atoms with Crippen LogP contribution < -0.4 is 10.5 Å². The third kappa shape index (κ3) is 2.72. The molecular weight excluding hydrogens is 228 g/mol. The van der Waals surface area contributed by atoms with E-state index in [1.54, 1.807) is 16.9 Å². The monoisotopic (exact) mass is 250 g/mol. The average Bonchev–Trinajstić information content (AvgIpc) is 2.78. The number of rotatable bonds is 4. The van der Waals surface area contributed by atoms with Gasteiger partial charge >= 0.3 is 0 Å². The van der Waals surface area contributed by atoms with Gasteiger partial charge in [0.15, 0.2) is 0 Å². The van der Waals surface area contributed by atoms with E-state index in [4.69, 9.17) is 0 Å². The molecule has 0 radical (unpaired) electrons. The lowest BCUT2D eigenvalue weighted by atomic mass is 10.2. The van der Waals surface area contributed by atoms with Gasteiger partial charge in [0, 0.05) is 26.2 Å². The van der Waals surface area contributed by atoms with E-state index in [2.05, 4.69) is 16.9 Å². The lowest BCUT2D eigenvalue weighted by Crippen LogP contribution is -2.37. The second-order valence-corrected chi connectivity index (χ2v) is 5.05. The van der Waals surface area contributed by atoms with Crippen LogP contribution >= 0.6 is 0 Å². The summed E-state index contributed by atoms with van der Waals surface area (Å²) in [5.41, 5.74) is 0.846. The summed E-state index contributed by atoms with van der Waals surface area (Å²) in [7, 11) is 3.83. The van der Waals surface area contributed by atoms with Crippen molar-refractivity contribution in [2.24, 2.45) is 0 Å². The highest BCUT2D eigenvalue weighted by Crippen LogP contribution is 2.17. The highest BCUT2D eigenvalue weighted by atomic mass is 16.1. The molecule has 1 aliphatic heterocycles. The number of likely N-dealkylation sites (tertiary alicyclic amines) is 1. The van der Waals surface area contributed by atoms with E-state index >= 15 is 0 Å². The van der Waals surface area contributed by atoms with Crippen molar-refractivity contribution < 1.29 is 0 Å². The first-order chi connectivity index (χ1) is 8.61. The molecule has 0 aliphatic carbocycles. The Morgan fingerprint density at radius 1 is 1.50 bits per heavy atom.